The Hall–Kier alpha value is -1.19. The Labute approximate surface area is 121 Å². The molecule has 1 nitrogen and oxygen atoms in total. The topological polar surface area (TPSA) is 9.23 Å². The minimum atomic E-state index is -0.232. The molecule has 0 fully saturated rings. The van der Waals surface area contributed by atoms with Gasteiger partial charge < -0.3 is 4.74 Å². The van der Waals surface area contributed by atoms with E-state index in [1.807, 2.05) is 24.3 Å². The third kappa shape index (κ3) is 3.88. The van der Waals surface area contributed by atoms with Crippen molar-refractivity contribution in [1.29, 1.82) is 0 Å². The van der Waals surface area contributed by atoms with Crippen LogP contribution >= 0.6 is 23.4 Å². The first-order chi connectivity index (χ1) is 9.22. The average Bonchev–Trinajstić information content (AvgIpc) is 2.46. The van der Waals surface area contributed by atoms with Gasteiger partial charge in [0.1, 0.15) is 11.6 Å². The molecule has 2 rings (SSSR count). The molecule has 0 spiro atoms. The molecule has 0 saturated carbocycles. The van der Waals surface area contributed by atoms with Gasteiger partial charge in [-0.2, -0.15) is 0 Å². The number of methoxy groups -OCH3 is 1. The van der Waals surface area contributed by atoms with Gasteiger partial charge in [0, 0.05) is 22.6 Å². The highest BCUT2D eigenvalue weighted by atomic mass is 35.5. The number of rotatable bonds is 5. The van der Waals surface area contributed by atoms with Crippen LogP contribution in [0.25, 0.3) is 0 Å². The van der Waals surface area contributed by atoms with Crippen LogP contribution in [-0.2, 0) is 11.6 Å². The SMILES string of the molecule is COc1ccc(CSc2ccc(CCl)cc2)c(F)c1. The standard InChI is InChI=1S/C15H14ClFOS/c1-18-13-5-4-12(15(17)8-13)10-19-14-6-2-11(9-16)3-7-14/h2-8H,9-10H2,1H3. The first-order valence-electron chi connectivity index (χ1n) is 5.83. The molecule has 0 bridgehead atoms. The molecule has 100 valence electrons. The lowest BCUT2D eigenvalue weighted by Gasteiger charge is -2.06. The fraction of sp³-hybridized carbons (Fsp3) is 0.200. The van der Waals surface area contributed by atoms with Crippen molar-refractivity contribution in [2.45, 2.75) is 16.5 Å². The summed E-state index contributed by atoms with van der Waals surface area (Å²) in [5.41, 5.74) is 1.76. The maximum Gasteiger partial charge on any atom is 0.130 e. The second kappa shape index (κ2) is 6.83. The highest BCUT2D eigenvalue weighted by molar-refractivity contribution is 7.98. The summed E-state index contributed by atoms with van der Waals surface area (Å²) in [6.07, 6.45) is 0. The van der Waals surface area contributed by atoms with Crippen molar-refractivity contribution >= 4 is 23.4 Å². The second-order valence-electron chi connectivity index (χ2n) is 4.02. The van der Waals surface area contributed by atoms with Gasteiger partial charge in [-0.05, 0) is 29.3 Å². The van der Waals surface area contributed by atoms with E-state index in [0.717, 1.165) is 10.5 Å². The van der Waals surface area contributed by atoms with Gasteiger partial charge in [-0.3, -0.25) is 0 Å². The van der Waals surface area contributed by atoms with E-state index in [2.05, 4.69) is 0 Å². The van der Waals surface area contributed by atoms with Crippen molar-refractivity contribution in [3.63, 3.8) is 0 Å². The van der Waals surface area contributed by atoms with Gasteiger partial charge >= 0.3 is 0 Å². The van der Waals surface area contributed by atoms with E-state index in [-0.39, 0.29) is 5.82 Å². The molecule has 19 heavy (non-hydrogen) atoms. The molecule has 0 aliphatic carbocycles. The molecule has 0 unspecified atom stereocenters. The summed E-state index contributed by atoms with van der Waals surface area (Å²) in [6, 6.07) is 12.9. The van der Waals surface area contributed by atoms with Crippen molar-refractivity contribution in [3.8, 4) is 5.75 Å². The molecule has 0 heterocycles. The number of alkyl halides is 1. The quantitative estimate of drug-likeness (QED) is 0.575. The molecular formula is C15H14ClFOS. The lowest BCUT2D eigenvalue weighted by molar-refractivity contribution is 0.411. The summed E-state index contributed by atoms with van der Waals surface area (Å²) < 4.78 is 18.7. The third-order valence-corrected chi connectivity index (χ3v) is 4.10. The molecule has 0 aliphatic rings. The predicted molar refractivity (Wildman–Crippen MR) is 78.5 cm³/mol. The average molecular weight is 297 g/mol. The number of halogens is 2. The zero-order valence-corrected chi connectivity index (χ0v) is 12.1. The van der Waals surface area contributed by atoms with Crippen LogP contribution < -0.4 is 4.74 Å². The zero-order valence-electron chi connectivity index (χ0n) is 10.5. The fourth-order valence-electron chi connectivity index (χ4n) is 1.61. The van der Waals surface area contributed by atoms with Crippen LogP contribution in [0.1, 0.15) is 11.1 Å². The predicted octanol–water partition coefficient (Wildman–Crippen LogP) is 4.87. The van der Waals surface area contributed by atoms with E-state index in [0.29, 0.717) is 22.9 Å². The van der Waals surface area contributed by atoms with Crippen molar-refractivity contribution in [1.82, 2.24) is 0 Å². The molecule has 0 aliphatic heterocycles. The monoisotopic (exact) mass is 296 g/mol. The van der Waals surface area contributed by atoms with Gasteiger partial charge in [0.25, 0.3) is 0 Å². The maximum absolute atomic E-state index is 13.7. The highest BCUT2D eigenvalue weighted by Crippen LogP contribution is 2.26. The van der Waals surface area contributed by atoms with E-state index in [9.17, 15) is 4.39 Å². The van der Waals surface area contributed by atoms with E-state index < -0.39 is 0 Å². The Kier molecular flexibility index (Phi) is 5.11. The molecule has 0 atom stereocenters. The largest absolute Gasteiger partial charge is 0.497 e. The number of ether oxygens (including phenoxy) is 1. The van der Waals surface area contributed by atoms with Crippen molar-refractivity contribution < 1.29 is 9.13 Å². The van der Waals surface area contributed by atoms with Crippen LogP contribution in [0.15, 0.2) is 47.4 Å². The van der Waals surface area contributed by atoms with Gasteiger partial charge in [0.15, 0.2) is 0 Å². The van der Waals surface area contributed by atoms with E-state index in [4.69, 9.17) is 16.3 Å². The van der Waals surface area contributed by atoms with E-state index in [1.165, 1.54) is 13.2 Å². The van der Waals surface area contributed by atoms with Crippen LogP contribution in [-0.4, -0.2) is 7.11 Å². The number of hydrogen-bond donors (Lipinski definition) is 0. The molecule has 0 saturated heterocycles. The zero-order chi connectivity index (χ0) is 13.7. The first kappa shape index (κ1) is 14.2. The van der Waals surface area contributed by atoms with Gasteiger partial charge in [-0.15, -0.1) is 23.4 Å². The second-order valence-corrected chi connectivity index (χ2v) is 5.34. The lowest BCUT2D eigenvalue weighted by atomic mass is 10.2. The number of hydrogen-bond acceptors (Lipinski definition) is 2. The maximum atomic E-state index is 13.7. The smallest absolute Gasteiger partial charge is 0.130 e. The number of benzene rings is 2. The lowest BCUT2D eigenvalue weighted by Crippen LogP contribution is -1.90. The summed E-state index contributed by atoms with van der Waals surface area (Å²) in [7, 11) is 1.53. The van der Waals surface area contributed by atoms with Gasteiger partial charge in [0.2, 0.25) is 0 Å². The van der Waals surface area contributed by atoms with E-state index in [1.54, 1.807) is 23.9 Å². The minimum absolute atomic E-state index is 0.232. The van der Waals surface area contributed by atoms with Crippen molar-refractivity contribution in [2.75, 3.05) is 7.11 Å². The molecule has 4 heteroatoms. The molecule has 0 aromatic heterocycles. The summed E-state index contributed by atoms with van der Waals surface area (Å²) in [5.74, 6) is 1.41. The Morgan fingerprint density at radius 3 is 2.47 bits per heavy atom. The minimum Gasteiger partial charge on any atom is -0.497 e. The summed E-state index contributed by atoms with van der Waals surface area (Å²) in [6.45, 7) is 0. The summed E-state index contributed by atoms with van der Waals surface area (Å²) in [4.78, 5) is 1.10. The van der Waals surface area contributed by atoms with Gasteiger partial charge in [0.05, 0.1) is 7.11 Å². The molecule has 0 radical (unpaired) electrons. The van der Waals surface area contributed by atoms with Crippen LogP contribution in [0.2, 0.25) is 0 Å². The van der Waals surface area contributed by atoms with Crippen LogP contribution in [0, 0.1) is 5.82 Å². The van der Waals surface area contributed by atoms with Gasteiger partial charge in [-0.1, -0.05) is 18.2 Å². The first-order valence-corrected chi connectivity index (χ1v) is 7.35. The summed E-state index contributed by atoms with van der Waals surface area (Å²) >= 11 is 7.33. The molecule has 0 amide bonds. The van der Waals surface area contributed by atoms with Crippen LogP contribution in [0.3, 0.4) is 0 Å². The van der Waals surface area contributed by atoms with Crippen molar-refractivity contribution in [3.05, 3.63) is 59.4 Å². The Balaban J connectivity index is 2.01. The molecular weight excluding hydrogens is 283 g/mol. The molecule has 0 N–H and O–H groups in total. The van der Waals surface area contributed by atoms with Crippen LogP contribution in [0.4, 0.5) is 4.39 Å². The third-order valence-electron chi connectivity index (χ3n) is 2.73. The Bertz CT molecular complexity index is 542. The van der Waals surface area contributed by atoms with Crippen LogP contribution in [0.5, 0.6) is 5.75 Å². The Morgan fingerprint density at radius 2 is 1.89 bits per heavy atom. The Morgan fingerprint density at radius 1 is 1.16 bits per heavy atom. The van der Waals surface area contributed by atoms with Crippen molar-refractivity contribution in [2.24, 2.45) is 0 Å². The summed E-state index contributed by atoms with van der Waals surface area (Å²) in [5, 5.41) is 0. The molecule has 2 aromatic rings. The van der Waals surface area contributed by atoms with E-state index >= 15 is 0 Å². The van der Waals surface area contributed by atoms with Gasteiger partial charge in [-0.25, -0.2) is 4.39 Å². The normalized spacial score (nSPS) is 10.5. The molecule has 2 aromatic carbocycles. The fourth-order valence-corrected chi connectivity index (χ4v) is 2.67. The highest BCUT2D eigenvalue weighted by Gasteiger charge is 2.05. The number of thioether (sulfide) groups is 1.